The summed E-state index contributed by atoms with van der Waals surface area (Å²) in [7, 11) is 0. The van der Waals surface area contributed by atoms with Crippen LogP contribution in [0.25, 0.3) is 0 Å². The fourth-order valence-corrected chi connectivity index (χ4v) is 3.03. The molecule has 0 aliphatic heterocycles. The van der Waals surface area contributed by atoms with Gasteiger partial charge in [0.15, 0.2) is 0 Å². The van der Waals surface area contributed by atoms with Crippen LogP contribution < -0.4 is 10.9 Å². The summed E-state index contributed by atoms with van der Waals surface area (Å²) in [6.45, 7) is 4.01. The van der Waals surface area contributed by atoms with Gasteiger partial charge in [-0.1, -0.05) is 41.4 Å². The van der Waals surface area contributed by atoms with Gasteiger partial charge in [0.1, 0.15) is 0 Å². The summed E-state index contributed by atoms with van der Waals surface area (Å²) in [5.41, 5.74) is 7.34. The molecule has 2 amide bonds. The third-order valence-corrected chi connectivity index (χ3v) is 4.62. The quantitative estimate of drug-likeness (QED) is 0.656. The van der Waals surface area contributed by atoms with Crippen molar-refractivity contribution in [3.63, 3.8) is 0 Å². The Bertz CT molecular complexity index is 734. The van der Waals surface area contributed by atoms with Crippen LogP contribution in [0.15, 0.2) is 47.4 Å². The molecule has 2 aromatic rings. The predicted octanol–water partition coefficient (Wildman–Crippen LogP) is 3.51. The van der Waals surface area contributed by atoms with Crippen LogP contribution in [0.4, 0.5) is 0 Å². The lowest BCUT2D eigenvalue weighted by atomic mass is 10.2. The van der Waals surface area contributed by atoms with Crippen molar-refractivity contribution in [2.45, 2.75) is 18.7 Å². The molecule has 0 aliphatic carbocycles. The molecule has 0 bridgehead atoms. The SMILES string of the molecule is Cc1ccc(C)c(SCC(=O)NNC(=O)c2ccccc2Cl)c1. The number of halogens is 1. The second kappa shape index (κ2) is 8.04. The lowest BCUT2D eigenvalue weighted by Gasteiger charge is -2.09. The summed E-state index contributed by atoms with van der Waals surface area (Å²) < 4.78 is 0. The van der Waals surface area contributed by atoms with Gasteiger partial charge >= 0.3 is 0 Å². The lowest BCUT2D eigenvalue weighted by Crippen LogP contribution is -2.42. The van der Waals surface area contributed by atoms with Gasteiger partial charge in [-0.15, -0.1) is 11.8 Å². The Balaban J connectivity index is 1.85. The summed E-state index contributed by atoms with van der Waals surface area (Å²) in [4.78, 5) is 24.8. The van der Waals surface area contributed by atoms with Crippen molar-refractivity contribution in [2.75, 3.05) is 5.75 Å². The zero-order valence-corrected chi connectivity index (χ0v) is 14.4. The molecule has 120 valence electrons. The molecule has 0 aliphatic rings. The Labute approximate surface area is 144 Å². The fourth-order valence-electron chi connectivity index (χ4n) is 1.88. The molecule has 2 N–H and O–H groups in total. The van der Waals surface area contributed by atoms with Crippen LogP contribution in [-0.2, 0) is 4.79 Å². The molecule has 0 radical (unpaired) electrons. The van der Waals surface area contributed by atoms with E-state index in [1.807, 2.05) is 32.0 Å². The Morgan fingerprint density at radius 1 is 1.09 bits per heavy atom. The minimum Gasteiger partial charge on any atom is -0.272 e. The zero-order chi connectivity index (χ0) is 16.8. The van der Waals surface area contributed by atoms with Crippen molar-refractivity contribution in [3.8, 4) is 0 Å². The first-order valence-electron chi connectivity index (χ1n) is 7.01. The standard InChI is InChI=1S/C17H17ClN2O2S/c1-11-7-8-12(2)15(9-11)23-10-16(21)19-20-17(22)13-5-3-4-6-14(13)18/h3-9H,10H2,1-2H3,(H,19,21)(H,20,22). The monoisotopic (exact) mass is 348 g/mol. The lowest BCUT2D eigenvalue weighted by molar-refractivity contribution is -0.119. The Hall–Kier alpha value is -1.98. The van der Waals surface area contributed by atoms with E-state index in [0.717, 1.165) is 16.0 Å². The minimum atomic E-state index is -0.444. The maximum atomic E-state index is 11.9. The van der Waals surface area contributed by atoms with Gasteiger partial charge in [-0.25, -0.2) is 0 Å². The zero-order valence-electron chi connectivity index (χ0n) is 12.9. The van der Waals surface area contributed by atoms with E-state index in [1.54, 1.807) is 24.3 Å². The number of hydrazine groups is 1. The van der Waals surface area contributed by atoms with E-state index in [-0.39, 0.29) is 11.7 Å². The molecule has 0 aromatic heterocycles. The van der Waals surface area contributed by atoms with Gasteiger partial charge in [-0.2, -0.15) is 0 Å². The fraction of sp³-hybridized carbons (Fsp3) is 0.176. The van der Waals surface area contributed by atoms with Gasteiger partial charge in [-0.05, 0) is 37.6 Å². The van der Waals surface area contributed by atoms with Crippen LogP contribution in [0.5, 0.6) is 0 Å². The summed E-state index contributed by atoms with van der Waals surface area (Å²) in [5, 5.41) is 0.337. The second-order valence-corrected chi connectivity index (χ2v) is 6.46. The van der Waals surface area contributed by atoms with Gasteiger partial charge in [0.2, 0.25) is 5.91 Å². The van der Waals surface area contributed by atoms with Crippen molar-refractivity contribution in [2.24, 2.45) is 0 Å². The van der Waals surface area contributed by atoms with Crippen molar-refractivity contribution in [1.29, 1.82) is 0 Å². The number of carbonyl (C=O) groups excluding carboxylic acids is 2. The van der Waals surface area contributed by atoms with E-state index in [0.29, 0.717) is 10.6 Å². The smallest absolute Gasteiger partial charge is 0.271 e. The molecule has 2 aromatic carbocycles. The van der Waals surface area contributed by atoms with Gasteiger partial charge < -0.3 is 0 Å². The molecule has 0 saturated heterocycles. The molecule has 4 nitrogen and oxygen atoms in total. The number of thioether (sulfide) groups is 1. The minimum absolute atomic E-state index is 0.215. The number of amides is 2. The molecule has 0 atom stereocenters. The molecule has 0 saturated carbocycles. The summed E-state index contributed by atoms with van der Waals surface area (Å²) in [6, 6.07) is 12.7. The van der Waals surface area contributed by atoms with Crippen LogP contribution in [0.2, 0.25) is 5.02 Å². The average molecular weight is 349 g/mol. The second-order valence-electron chi connectivity index (χ2n) is 5.04. The van der Waals surface area contributed by atoms with E-state index in [2.05, 4.69) is 10.9 Å². The largest absolute Gasteiger partial charge is 0.272 e. The summed E-state index contributed by atoms with van der Waals surface area (Å²) >= 11 is 7.36. The molecular formula is C17H17ClN2O2S. The maximum Gasteiger partial charge on any atom is 0.271 e. The number of carbonyl (C=O) groups is 2. The third-order valence-electron chi connectivity index (χ3n) is 3.14. The van der Waals surface area contributed by atoms with Crippen molar-refractivity contribution in [3.05, 3.63) is 64.2 Å². The first-order valence-corrected chi connectivity index (χ1v) is 8.37. The Kier molecular flexibility index (Phi) is 6.07. The van der Waals surface area contributed by atoms with Crippen LogP contribution in [0.1, 0.15) is 21.5 Å². The first-order chi connectivity index (χ1) is 11.0. The highest BCUT2D eigenvalue weighted by molar-refractivity contribution is 8.00. The highest BCUT2D eigenvalue weighted by atomic mass is 35.5. The van der Waals surface area contributed by atoms with Gasteiger partial charge in [0.05, 0.1) is 16.3 Å². The summed E-state index contributed by atoms with van der Waals surface area (Å²) in [5.74, 6) is -0.510. The number of hydrogen-bond acceptors (Lipinski definition) is 3. The van der Waals surface area contributed by atoms with E-state index in [9.17, 15) is 9.59 Å². The first kappa shape index (κ1) is 17.4. The third kappa shape index (κ3) is 5.01. The molecule has 23 heavy (non-hydrogen) atoms. The normalized spacial score (nSPS) is 10.2. The van der Waals surface area contributed by atoms with Crippen LogP contribution >= 0.6 is 23.4 Å². The van der Waals surface area contributed by atoms with Crippen molar-refractivity contribution < 1.29 is 9.59 Å². The number of rotatable bonds is 4. The van der Waals surface area contributed by atoms with Crippen LogP contribution in [0.3, 0.4) is 0 Å². The van der Waals surface area contributed by atoms with E-state index >= 15 is 0 Å². The highest BCUT2D eigenvalue weighted by Crippen LogP contribution is 2.23. The van der Waals surface area contributed by atoms with Crippen molar-refractivity contribution >= 4 is 35.2 Å². The molecule has 0 unspecified atom stereocenters. The average Bonchev–Trinajstić information content (AvgIpc) is 2.54. The summed E-state index contributed by atoms with van der Waals surface area (Å²) in [6.07, 6.45) is 0. The molecule has 0 fully saturated rings. The number of aryl methyl sites for hydroxylation is 2. The van der Waals surface area contributed by atoms with Crippen LogP contribution in [0, 0.1) is 13.8 Å². The number of hydrogen-bond donors (Lipinski definition) is 2. The Morgan fingerprint density at radius 3 is 2.57 bits per heavy atom. The van der Waals surface area contributed by atoms with Gasteiger partial charge in [0, 0.05) is 4.90 Å². The Morgan fingerprint density at radius 2 is 1.83 bits per heavy atom. The van der Waals surface area contributed by atoms with Crippen LogP contribution in [-0.4, -0.2) is 17.6 Å². The number of nitrogens with one attached hydrogen (secondary N) is 2. The predicted molar refractivity (Wildman–Crippen MR) is 93.7 cm³/mol. The van der Waals surface area contributed by atoms with E-state index in [4.69, 9.17) is 11.6 Å². The van der Waals surface area contributed by atoms with E-state index in [1.165, 1.54) is 11.8 Å². The highest BCUT2D eigenvalue weighted by Gasteiger charge is 2.11. The molecule has 0 heterocycles. The van der Waals surface area contributed by atoms with E-state index < -0.39 is 5.91 Å². The van der Waals surface area contributed by atoms with Gasteiger partial charge in [0.25, 0.3) is 5.91 Å². The number of benzene rings is 2. The topological polar surface area (TPSA) is 58.2 Å². The molecular weight excluding hydrogens is 332 g/mol. The molecule has 0 spiro atoms. The maximum absolute atomic E-state index is 11.9. The molecule has 2 rings (SSSR count). The molecule has 6 heteroatoms. The van der Waals surface area contributed by atoms with Crippen molar-refractivity contribution in [1.82, 2.24) is 10.9 Å². The van der Waals surface area contributed by atoms with Gasteiger partial charge in [-0.3, -0.25) is 20.4 Å².